The number of aliphatic imine (C=N–C) groups is 2. The highest BCUT2D eigenvalue weighted by Gasteiger charge is 2.46. The molecule has 34 heavy (non-hydrogen) atoms. The number of carbonyl (C=O) groups is 1. The van der Waals surface area contributed by atoms with E-state index in [9.17, 15) is 18.0 Å². The van der Waals surface area contributed by atoms with Gasteiger partial charge in [0.05, 0.1) is 44.2 Å². The molecule has 3 heterocycles. The monoisotopic (exact) mass is 479 g/mol. The number of nitrogens with zero attached hydrogens (tertiary/aromatic N) is 4. The van der Waals surface area contributed by atoms with E-state index >= 15 is 0 Å². The van der Waals surface area contributed by atoms with E-state index in [0.717, 1.165) is 0 Å². The fourth-order valence-corrected chi connectivity index (χ4v) is 4.11. The molecule has 1 amide bonds. The normalized spacial score (nSPS) is 20.4. The van der Waals surface area contributed by atoms with Gasteiger partial charge in [0.15, 0.2) is 0 Å². The summed E-state index contributed by atoms with van der Waals surface area (Å²) in [6.07, 6.45) is -1.98. The first-order valence-corrected chi connectivity index (χ1v) is 10.6. The SMILES string of the molecule is C=CN=C(CNC(=O)c1oc2c(c1C(F)(F)F)-c1nn(C[C@H]3COCCO3)cc1C(C)C2)N=C. The third-order valence-corrected chi connectivity index (χ3v) is 5.63. The summed E-state index contributed by atoms with van der Waals surface area (Å²) in [7, 11) is 0. The summed E-state index contributed by atoms with van der Waals surface area (Å²) >= 11 is 0. The molecule has 2 aromatic heterocycles. The molecule has 1 fully saturated rings. The number of alkyl halides is 3. The number of rotatable bonds is 6. The molecular weight excluding hydrogens is 455 g/mol. The summed E-state index contributed by atoms with van der Waals surface area (Å²) in [6.45, 7) is 10.0. The molecule has 1 aliphatic carbocycles. The van der Waals surface area contributed by atoms with Crippen LogP contribution in [0, 0.1) is 0 Å². The van der Waals surface area contributed by atoms with E-state index in [4.69, 9.17) is 13.9 Å². The van der Waals surface area contributed by atoms with Crippen molar-refractivity contribution in [1.29, 1.82) is 0 Å². The quantitative estimate of drug-likeness (QED) is 0.506. The van der Waals surface area contributed by atoms with Crippen LogP contribution in [-0.2, 0) is 28.6 Å². The van der Waals surface area contributed by atoms with Crippen molar-refractivity contribution in [2.24, 2.45) is 9.98 Å². The summed E-state index contributed by atoms with van der Waals surface area (Å²) in [5.74, 6) is -1.85. The second kappa shape index (κ2) is 9.55. The van der Waals surface area contributed by atoms with E-state index in [-0.39, 0.29) is 47.8 Å². The largest absolute Gasteiger partial charge is 0.455 e. The fraction of sp³-hybridized carbons (Fsp3) is 0.455. The first kappa shape index (κ1) is 23.9. The second-order valence-electron chi connectivity index (χ2n) is 8.00. The summed E-state index contributed by atoms with van der Waals surface area (Å²) < 4.78 is 60.7. The number of halogens is 3. The Bertz CT molecular complexity index is 1130. The van der Waals surface area contributed by atoms with Crippen LogP contribution in [0.15, 0.2) is 33.4 Å². The van der Waals surface area contributed by atoms with Gasteiger partial charge in [-0.05, 0) is 12.6 Å². The number of hydrogen-bond acceptors (Lipinski definition) is 6. The smallest absolute Gasteiger partial charge is 0.420 e. The Hall–Kier alpha value is -3.25. The van der Waals surface area contributed by atoms with E-state index in [0.29, 0.717) is 31.9 Å². The van der Waals surface area contributed by atoms with Crippen LogP contribution in [0.1, 0.15) is 40.3 Å². The van der Waals surface area contributed by atoms with Gasteiger partial charge in [-0.1, -0.05) is 13.5 Å². The van der Waals surface area contributed by atoms with Crippen LogP contribution in [0.4, 0.5) is 13.2 Å². The summed E-state index contributed by atoms with van der Waals surface area (Å²) in [4.78, 5) is 20.1. The van der Waals surface area contributed by atoms with Crippen LogP contribution in [0.5, 0.6) is 0 Å². The zero-order valence-corrected chi connectivity index (χ0v) is 18.5. The lowest BCUT2D eigenvalue weighted by molar-refractivity contribution is -0.137. The molecular formula is C22H24F3N5O4. The van der Waals surface area contributed by atoms with Crippen molar-refractivity contribution in [2.75, 3.05) is 26.4 Å². The maximum atomic E-state index is 14.2. The van der Waals surface area contributed by atoms with Gasteiger partial charge in [-0.3, -0.25) is 9.48 Å². The lowest BCUT2D eigenvalue weighted by Crippen LogP contribution is -2.32. The van der Waals surface area contributed by atoms with Crippen molar-refractivity contribution in [3.63, 3.8) is 0 Å². The minimum absolute atomic E-state index is 0.0711. The molecule has 9 nitrogen and oxygen atoms in total. The highest BCUT2D eigenvalue weighted by molar-refractivity contribution is 5.99. The van der Waals surface area contributed by atoms with Crippen molar-refractivity contribution in [3.8, 4) is 11.3 Å². The van der Waals surface area contributed by atoms with Gasteiger partial charge in [-0.2, -0.15) is 18.3 Å². The van der Waals surface area contributed by atoms with Gasteiger partial charge in [0.1, 0.15) is 23.3 Å². The first-order chi connectivity index (χ1) is 16.2. The lowest BCUT2D eigenvalue weighted by atomic mass is 9.86. The highest BCUT2D eigenvalue weighted by atomic mass is 19.4. The summed E-state index contributed by atoms with van der Waals surface area (Å²) in [5, 5.41) is 6.78. The molecule has 1 N–H and O–H groups in total. The van der Waals surface area contributed by atoms with Crippen molar-refractivity contribution >= 4 is 18.5 Å². The molecule has 12 heteroatoms. The molecule has 182 valence electrons. The topological polar surface area (TPSA) is 103 Å². The molecule has 2 atom stereocenters. The Balaban J connectivity index is 1.70. The Morgan fingerprint density at radius 3 is 2.85 bits per heavy atom. The molecule has 2 aromatic rings. The molecule has 0 bridgehead atoms. The van der Waals surface area contributed by atoms with Gasteiger partial charge >= 0.3 is 6.18 Å². The Kier molecular flexibility index (Phi) is 6.71. The zero-order valence-electron chi connectivity index (χ0n) is 18.5. The Morgan fingerprint density at radius 2 is 2.21 bits per heavy atom. The summed E-state index contributed by atoms with van der Waals surface area (Å²) in [5.41, 5.74) is -0.544. The standard InChI is InChI=1S/C22H24F3N5O4/c1-4-27-16(26-3)8-28-21(31)20-18(22(23,24)25)17-15(34-20)7-12(2)14-10-30(29-19(14)17)9-13-11-32-5-6-33-13/h4,10,12-13H,1,3,5-9,11H2,2H3,(H,28,31)/t12?,13-/m0/s1. The first-order valence-electron chi connectivity index (χ1n) is 10.6. The number of fused-ring (bicyclic) bond motifs is 3. The maximum absolute atomic E-state index is 14.2. The van der Waals surface area contributed by atoms with Crippen molar-refractivity contribution in [3.05, 3.63) is 41.6 Å². The van der Waals surface area contributed by atoms with Gasteiger partial charge in [0.25, 0.3) is 5.91 Å². The summed E-state index contributed by atoms with van der Waals surface area (Å²) in [6, 6.07) is 0. The lowest BCUT2D eigenvalue weighted by Gasteiger charge is -2.22. The molecule has 0 spiro atoms. The number of carbonyl (C=O) groups excluding carboxylic acids is 1. The van der Waals surface area contributed by atoms with Gasteiger partial charge in [-0.25, -0.2) is 9.98 Å². The molecule has 1 unspecified atom stereocenters. The van der Waals surface area contributed by atoms with Crippen molar-refractivity contribution < 1.29 is 31.9 Å². The Morgan fingerprint density at radius 1 is 1.41 bits per heavy atom. The number of aromatic nitrogens is 2. The van der Waals surface area contributed by atoms with Gasteiger partial charge in [0.2, 0.25) is 5.76 Å². The van der Waals surface area contributed by atoms with Crippen molar-refractivity contribution in [2.45, 2.75) is 38.1 Å². The van der Waals surface area contributed by atoms with Gasteiger partial charge < -0.3 is 19.2 Å². The van der Waals surface area contributed by atoms with E-state index in [2.05, 4.69) is 33.7 Å². The van der Waals surface area contributed by atoms with Crippen LogP contribution in [0.25, 0.3) is 11.3 Å². The van der Waals surface area contributed by atoms with Crippen LogP contribution in [0.3, 0.4) is 0 Å². The minimum Gasteiger partial charge on any atom is -0.455 e. The molecule has 4 rings (SSSR count). The Labute approximate surface area is 193 Å². The van der Waals surface area contributed by atoms with Crippen molar-refractivity contribution in [1.82, 2.24) is 15.1 Å². The molecule has 0 aromatic carbocycles. The third-order valence-electron chi connectivity index (χ3n) is 5.63. The number of nitrogens with one attached hydrogen (secondary N) is 1. The number of amidine groups is 1. The average Bonchev–Trinajstić information content (AvgIpc) is 3.39. The number of hydrogen-bond donors (Lipinski definition) is 1. The van der Waals surface area contributed by atoms with E-state index in [1.165, 1.54) is 6.20 Å². The molecule has 1 saturated heterocycles. The van der Waals surface area contributed by atoms with E-state index in [1.54, 1.807) is 10.9 Å². The third kappa shape index (κ3) is 4.68. The molecule has 0 saturated carbocycles. The molecule has 2 aliphatic rings. The number of amides is 1. The van der Waals surface area contributed by atoms with Crippen LogP contribution < -0.4 is 5.32 Å². The minimum atomic E-state index is -4.85. The van der Waals surface area contributed by atoms with Gasteiger partial charge in [0, 0.05) is 24.4 Å². The number of furan rings is 1. The zero-order chi connectivity index (χ0) is 24.5. The van der Waals surface area contributed by atoms with E-state index < -0.39 is 23.4 Å². The average molecular weight is 479 g/mol. The predicted molar refractivity (Wildman–Crippen MR) is 117 cm³/mol. The van der Waals surface area contributed by atoms with Crippen LogP contribution in [0.2, 0.25) is 0 Å². The predicted octanol–water partition coefficient (Wildman–Crippen LogP) is 3.21. The number of ether oxygens (including phenoxy) is 2. The molecule has 1 aliphatic heterocycles. The van der Waals surface area contributed by atoms with Gasteiger partial charge in [-0.15, -0.1) is 0 Å². The van der Waals surface area contributed by atoms with Crippen LogP contribution in [-0.4, -0.2) is 60.7 Å². The highest BCUT2D eigenvalue weighted by Crippen LogP contribution is 2.48. The maximum Gasteiger partial charge on any atom is 0.420 e. The van der Waals surface area contributed by atoms with Crippen LogP contribution >= 0.6 is 0 Å². The molecule has 0 radical (unpaired) electrons. The van der Waals surface area contributed by atoms with E-state index in [1.807, 2.05) is 6.92 Å². The fourth-order valence-electron chi connectivity index (χ4n) is 4.11. The second-order valence-corrected chi connectivity index (χ2v) is 8.00.